The first-order chi connectivity index (χ1) is 15.1. The Morgan fingerprint density at radius 2 is 1.88 bits per heavy atom. The molecule has 2 N–H and O–H groups in total. The second-order valence-electron chi connectivity index (χ2n) is 7.54. The van der Waals surface area contributed by atoms with Crippen LogP contribution in [0.4, 0.5) is 0 Å². The monoisotopic (exact) mass is 548 g/mol. The Balaban J connectivity index is 0.00000363. The summed E-state index contributed by atoms with van der Waals surface area (Å²) in [6.45, 7) is 2.15. The summed E-state index contributed by atoms with van der Waals surface area (Å²) in [6, 6.07) is 18.7. The summed E-state index contributed by atoms with van der Waals surface area (Å²) in [5, 5.41) is 11.2. The van der Waals surface area contributed by atoms with Crippen molar-refractivity contribution in [2.24, 2.45) is 4.99 Å². The van der Waals surface area contributed by atoms with E-state index in [1.165, 1.54) is 16.7 Å². The van der Waals surface area contributed by atoms with Crippen molar-refractivity contribution in [1.29, 1.82) is 0 Å². The minimum absolute atomic E-state index is 0. The quantitative estimate of drug-likeness (QED) is 0.244. The zero-order chi connectivity index (χ0) is 22.1. The van der Waals surface area contributed by atoms with E-state index in [-0.39, 0.29) is 30.0 Å². The number of hydrogen-bond donors (Lipinski definition) is 2. The maximum absolute atomic E-state index is 5.39. The Kier molecular flexibility index (Phi) is 10.5. The average molecular weight is 548 g/mol. The Labute approximate surface area is 207 Å². The number of aromatic nitrogens is 2. The van der Waals surface area contributed by atoms with Crippen LogP contribution in [0.5, 0.6) is 5.75 Å². The molecule has 0 aliphatic heterocycles. The standard InChI is InChI=1S/C24H32N6O.HI/c1-25-24(27-17-23(29(2)3)19-11-7-12-22(15-19)31-4)26-16-20-9-5-6-10-21(20)18-30-14-8-13-28-30;/h5-15,23H,16-18H2,1-4H3,(H2,25,26,27);1H. The van der Waals surface area contributed by atoms with Crippen LogP contribution >= 0.6 is 24.0 Å². The molecule has 1 unspecified atom stereocenters. The Bertz CT molecular complexity index is 974. The third-order valence-electron chi connectivity index (χ3n) is 5.24. The first kappa shape index (κ1) is 25.7. The number of halogens is 1. The molecule has 7 nitrogen and oxygen atoms in total. The molecule has 3 rings (SSSR count). The fourth-order valence-corrected chi connectivity index (χ4v) is 3.49. The normalized spacial score (nSPS) is 12.2. The van der Waals surface area contributed by atoms with Gasteiger partial charge in [-0.15, -0.1) is 24.0 Å². The van der Waals surface area contributed by atoms with E-state index in [2.05, 4.69) is 76.1 Å². The number of nitrogens with zero attached hydrogens (tertiary/aromatic N) is 4. The highest BCUT2D eigenvalue weighted by atomic mass is 127. The molecule has 0 bridgehead atoms. The zero-order valence-corrected chi connectivity index (χ0v) is 21.5. The summed E-state index contributed by atoms with van der Waals surface area (Å²) < 4.78 is 7.32. The molecule has 0 aliphatic rings. The average Bonchev–Trinajstić information content (AvgIpc) is 3.30. The van der Waals surface area contributed by atoms with Gasteiger partial charge in [0.05, 0.1) is 19.7 Å². The number of hydrogen-bond acceptors (Lipinski definition) is 4. The van der Waals surface area contributed by atoms with Crippen LogP contribution in [0.3, 0.4) is 0 Å². The van der Waals surface area contributed by atoms with Crippen molar-refractivity contribution in [3.8, 4) is 5.75 Å². The number of guanidine groups is 1. The van der Waals surface area contributed by atoms with E-state index < -0.39 is 0 Å². The zero-order valence-electron chi connectivity index (χ0n) is 19.2. The lowest BCUT2D eigenvalue weighted by atomic mass is 10.1. The van der Waals surface area contributed by atoms with Gasteiger partial charge in [-0.3, -0.25) is 9.67 Å². The van der Waals surface area contributed by atoms with Crippen molar-refractivity contribution in [1.82, 2.24) is 25.3 Å². The first-order valence-electron chi connectivity index (χ1n) is 10.4. The van der Waals surface area contributed by atoms with Crippen LogP contribution in [-0.2, 0) is 13.1 Å². The number of ether oxygens (including phenoxy) is 1. The first-order valence-corrected chi connectivity index (χ1v) is 10.4. The Morgan fingerprint density at radius 1 is 1.09 bits per heavy atom. The molecular weight excluding hydrogens is 515 g/mol. The minimum atomic E-state index is 0. The molecule has 2 aromatic carbocycles. The molecule has 1 aromatic heterocycles. The number of benzene rings is 2. The molecular formula is C24H33IN6O. The number of aliphatic imine (C=N–C) groups is 1. The van der Waals surface area contributed by atoms with Crippen molar-refractivity contribution in [2.45, 2.75) is 19.1 Å². The summed E-state index contributed by atoms with van der Waals surface area (Å²) in [6.07, 6.45) is 3.78. The van der Waals surface area contributed by atoms with Gasteiger partial charge < -0.3 is 20.3 Å². The maximum Gasteiger partial charge on any atom is 0.191 e. The highest BCUT2D eigenvalue weighted by Crippen LogP contribution is 2.22. The van der Waals surface area contributed by atoms with E-state index in [0.29, 0.717) is 6.54 Å². The van der Waals surface area contributed by atoms with E-state index in [4.69, 9.17) is 4.74 Å². The van der Waals surface area contributed by atoms with Gasteiger partial charge in [-0.2, -0.15) is 5.10 Å². The van der Waals surface area contributed by atoms with Crippen molar-refractivity contribution in [3.63, 3.8) is 0 Å². The van der Waals surface area contributed by atoms with E-state index >= 15 is 0 Å². The van der Waals surface area contributed by atoms with E-state index in [9.17, 15) is 0 Å². The fourth-order valence-electron chi connectivity index (χ4n) is 3.49. The lowest BCUT2D eigenvalue weighted by molar-refractivity contribution is 0.297. The maximum atomic E-state index is 5.39. The largest absolute Gasteiger partial charge is 0.497 e. The van der Waals surface area contributed by atoms with Gasteiger partial charge >= 0.3 is 0 Å². The van der Waals surface area contributed by atoms with Crippen molar-refractivity contribution < 1.29 is 4.74 Å². The van der Waals surface area contributed by atoms with Gasteiger partial charge in [-0.25, -0.2) is 0 Å². The minimum Gasteiger partial charge on any atom is -0.497 e. The molecule has 8 heteroatoms. The molecule has 1 atom stereocenters. The summed E-state index contributed by atoms with van der Waals surface area (Å²) in [4.78, 5) is 6.59. The van der Waals surface area contributed by atoms with Gasteiger partial charge in [0.15, 0.2) is 5.96 Å². The van der Waals surface area contributed by atoms with Gasteiger partial charge in [0.1, 0.15) is 5.75 Å². The molecule has 172 valence electrons. The van der Waals surface area contributed by atoms with Crippen LogP contribution in [0.15, 0.2) is 72.0 Å². The van der Waals surface area contributed by atoms with Gasteiger partial charge in [0, 0.05) is 32.5 Å². The summed E-state index contributed by atoms with van der Waals surface area (Å²) in [7, 11) is 7.64. The highest BCUT2D eigenvalue weighted by molar-refractivity contribution is 14.0. The number of likely N-dealkylation sites (N-methyl/N-ethyl adjacent to an activating group) is 1. The molecule has 0 radical (unpaired) electrons. The SMILES string of the molecule is CN=C(NCc1ccccc1Cn1cccn1)NCC(c1cccc(OC)c1)N(C)C.I. The van der Waals surface area contributed by atoms with E-state index in [1.807, 2.05) is 29.1 Å². The van der Waals surface area contributed by atoms with Crippen LogP contribution < -0.4 is 15.4 Å². The van der Waals surface area contributed by atoms with Crippen LogP contribution in [0.1, 0.15) is 22.7 Å². The number of rotatable bonds is 9. The van der Waals surface area contributed by atoms with E-state index in [0.717, 1.165) is 24.8 Å². The van der Waals surface area contributed by atoms with Gasteiger partial charge in [0.2, 0.25) is 0 Å². The smallest absolute Gasteiger partial charge is 0.191 e. The van der Waals surface area contributed by atoms with Crippen LogP contribution in [0.25, 0.3) is 0 Å². The fraction of sp³-hybridized carbons (Fsp3) is 0.333. The second-order valence-corrected chi connectivity index (χ2v) is 7.54. The predicted molar refractivity (Wildman–Crippen MR) is 141 cm³/mol. The van der Waals surface area contributed by atoms with Crippen LogP contribution in [0, 0.1) is 0 Å². The third kappa shape index (κ3) is 7.23. The van der Waals surface area contributed by atoms with Crippen LogP contribution in [-0.4, -0.2) is 55.4 Å². The van der Waals surface area contributed by atoms with Crippen molar-refractivity contribution >= 4 is 29.9 Å². The molecule has 0 amide bonds. The molecule has 0 aliphatic carbocycles. The summed E-state index contributed by atoms with van der Waals surface area (Å²) in [5.74, 6) is 1.63. The molecule has 0 saturated heterocycles. The van der Waals surface area contributed by atoms with Gasteiger partial charge in [-0.1, -0.05) is 36.4 Å². The Morgan fingerprint density at radius 3 is 2.53 bits per heavy atom. The van der Waals surface area contributed by atoms with Crippen molar-refractivity contribution in [2.75, 3.05) is 34.8 Å². The molecule has 0 saturated carbocycles. The third-order valence-corrected chi connectivity index (χ3v) is 5.24. The molecule has 32 heavy (non-hydrogen) atoms. The topological polar surface area (TPSA) is 66.7 Å². The summed E-state index contributed by atoms with van der Waals surface area (Å²) >= 11 is 0. The molecule has 3 aromatic rings. The summed E-state index contributed by atoms with van der Waals surface area (Å²) in [5.41, 5.74) is 3.64. The number of methoxy groups -OCH3 is 1. The number of nitrogens with one attached hydrogen (secondary N) is 2. The molecule has 0 fully saturated rings. The van der Waals surface area contributed by atoms with Crippen LogP contribution in [0.2, 0.25) is 0 Å². The van der Waals surface area contributed by atoms with Crippen molar-refractivity contribution in [3.05, 3.63) is 83.7 Å². The molecule has 0 spiro atoms. The lowest BCUT2D eigenvalue weighted by Crippen LogP contribution is -2.41. The predicted octanol–water partition coefficient (Wildman–Crippen LogP) is 3.53. The molecule has 1 heterocycles. The Hall–Kier alpha value is -2.59. The second kappa shape index (κ2) is 13.1. The lowest BCUT2D eigenvalue weighted by Gasteiger charge is -2.26. The van der Waals surface area contributed by atoms with Gasteiger partial charge in [-0.05, 0) is 49.0 Å². The van der Waals surface area contributed by atoms with Gasteiger partial charge in [0.25, 0.3) is 0 Å². The highest BCUT2D eigenvalue weighted by Gasteiger charge is 2.15. The van der Waals surface area contributed by atoms with E-state index in [1.54, 1.807) is 20.4 Å².